The van der Waals surface area contributed by atoms with Crippen LogP contribution >= 0.6 is 0 Å². The van der Waals surface area contributed by atoms with Gasteiger partial charge in [0.05, 0.1) is 5.60 Å². The van der Waals surface area contributed by atoms with Gasteiger partial charge in [-0.05, 0) is 32.8 Å². The number of hydrogen-bond acceptors (Lipinski definition) is 2. The molecule has 0 radical (unpaired) electrons. The minimum absolute atomic E-state index is 0.0713. The molecule has 12 heavy (non-hydrogen) atoms. The molecule has 3 heteroatoms. The van der Waals surface area contributed by atoms with Crippen molar-refractivity contribution in [2.24, 2.45) is 0 Å². The summed E-state index contributed by atoms with van der Waals surface area (Å²) >= 11 is 0. The molecule has 3 nitrogen and oxygen atoms in total. The van der Waals surface area contributed by atoms with Crippen molar-refractivity contribution in [3.8, 4) is 0 Å². The quantitative estimate of drug-likeness (QED) is 0.594. The summed E-state index contributed by atoms with van der Waals surface area (Å²) in [5.41, 5.74) is -0.562. The lowest BCUT2D eigenvalue weighted by molar-refractivity contribution is -0.120. The molecule has 0 atom stereocenters. The van der Waals surface area contributed by atoms with Crippen LogP contribution in [0.15, 0.2) is 12.2 Å². The summed E-state index contributed by atoms with van der Waals surface area (Å²) < 4.78 is 0. The maximum atomic E-state index is 11.0. The maximum Gasteiger partial charge on any atom is 0.243 e. The van der Waals surface area contributed by atoms with E-state index in [1.54, 1.807) is 19.9 Å². The molecule has 0 aromatic rings. The van der Waals surface area contributed by atoms with Crippen molar-refractivity contribution in [2.45, 2.75) is 38.3 Å². The number of carbonyl (C=O) groups excluding carboxylic acids is 1. The van der Waals surface area contributed by atoms with Gasteiger partial charge in [-0.25, -0.2) is 0 Å². The third kappa shape index (κ3) is 2.34. The Morgan fingerprint density at radius 3 is 2.67 bits per heavy atom. The first-order chi connectivity index (χ1) is 5.53. The van der Waals surface area contributed by atoms with Gasteiger partial charge in [0.15, 0.2) is 0 Å². The number of allylic oxidation sites excluding steroid dienone is 1. The third-order valence-corrected chi connectivity index (χ3v) is 2.04. The second kappa shape index (κ2) is 3.27. The number of nitrogens with one attached hydrogen (secondary N) is 1. The Morgan fingerprint density at radius 1 is 1.67 bits per heavy atom. The number of aliphatic hydroxyl groups is 1. The number of rotatable bonds is 2. The predicted octanol–water partition coefficient (Wildman–Crippen LogP) is 0.592. The summed E-state index contributed by atoms with van der Waals surface area (Å²) in [6, 6.07) is 0.156. The van der Waals surface area contributed by atoms with E-state index in [1.165, 1.54) is 6.08 Å². The highest BCUT2D eigenvalue weighted by atomic mass is 16.3. The van der Waals surface area contributed by atoms with E-state index in [4.69, 9.17) is 0 Å². The van der Waals surface area contributed by atoms with Gasteiger partial charge in [0.1, 0.15) is 0 Å². The number of amides is 1. The highest BCUT2D eigenvalue weighted by Crippen LogP contribution is 2.31. The van der Waals surface area contributed by atoms with Crippen LogP contribution in [0.2, 0.25) is 0 Å². The Kier molecular flexibility index (Phi) is 2.52. The lowest BCUT2D eigenvalue weighted by atomic mass is 9.77. The molecule has 1 rings (SSSR count). The molecular formula is C9H15NO2. The normalized spacial score (nSPS) is 34.8. The molecule has 0 spiro atoms. The molecule has 1 amide bonds. The minimum Gasteiger partial charge on any atom is -0.390 e. The molecule has 0 bridgehead atoms. The largest absolute Gasteiger partial charge is 0.390 e. The molecule has 0 heterocycles. The van der Waals surface area contributed by atoms with Crippen LogP contribution in [0.4, 0.5) is 0 Å². The molecule has 0 aliphatic heterocycles. The summed E-state index contributed by atoms with van der Waals surface area (Å²) in [5, 5.41) is 12.1. The molecule has 68 valence electrons. The zero-order valence-corrected chi connectivity index (χ0v) is 7.50. The van der Waals surface area contributed by atoms with Crippen molar-refractivity contribution < 1.29 is 9.90 Å². The Morgan fingerprint density at radius 2 is 2.25 bits per heavy atom. The van der Waals surface area contributed by atoms with Gasteiger partial charge < -0.3 is 10.4 Å². The first-order valence-electron chi connectivity index (χ1n) is 4.19. The van der Waals surface area contributed by atoms with Gasteiger partial charge in [0, 0.05) is 6.04 Å². The van der Waals surface area contributed by atoms with Crippen LogP contribution in [0.3, 0.4) is 0 Å². The van der Waals surface area contributed by atoms with E-state index >= 15 is 0 Å². The minimum atomic E-state index is -0.562. The Labute approximate surface area is 72.5 Å². The molecule has 0 aromatic heterocycles. The van der Waals surface area contributed by atoms with Crippen LogP contribution in [0.25, 0.3) is 0 Å². The summed E-state index contributed by atoms with van der Waals surface area (Å²) in [4.78, 5) is 11.0. The molecule has 2 N–H and O–H groups in total. The summed E-state index contributed by atoms with van der Waals surface area (Å²) in [7, 11) is 0. The monoisotopic (exact) mass is 169 g/mol. The van der Waals surface area contributed by atoms with Crippen molar-refractivity contribution in [1.29, 1.82) is 0 Å². The number of hydrogen-bond donors (Lipinski definition) is 2. The molecule has 0 saturated heterocycles. The molecular weight excluding hydrogens is 154 g/mol. The van der Waals surface area contributed by atoms with E-state index in [-0.39, 0.29) is 11.9 Å². The fourth-order valence-electron chi connectivity index (χ4n) is 1.50. The predicted molar refractivity (Wildman–Crippen MR) is 46.6 cm³/mol. The van der Waals surface area contributed by atoms with E-state index in [0.717, 1.165) is 0 Å². The smallest absolute Gasteiger partial charge is 0.243 e. The van der Waals surface area contributed by atoms with E-state index in [9.17, 15) is 9.90 Å². The Bertz CT molecular complexity index is 201. The zero-order chi connectivity index (χ0) is 9.19. The van der Waals surface area contributed by atoms with E-state index in [0.29, 0.717) is 12.8 Å². The fraction of sp³-hybridized carbons (Fsp3) is 0.667. The first kappa shape index (κ1) is 9.26. The van der Waals surface area contributed by atoms with E-state index in [1.807, 2.05) is 0 Å². The molecule has 0 aromatic carbocycles. The number of carbonyl (C=O) groups is 1. The molecule has 1 saturated carbocycles. The van der Waals surface area contributed by atoms with Crippen molar-refractivity contribution in [2.75, 3.05) is 0 Å². The maximum absolute atomic E-state index is 11.0. The van der Waals surface area contributed by atoms with E-state index < -0.39 is 5.60 Å². The van der Waals surface area contributed by atoms with Crippen molar-refractivity contribution in [3.05, 3.63) is 12.2 Å². The fourth-order valence-corrected chi connectivity index (χ4v) is 1.50. The van der Waals surface area contributed by atoms with Gasteiger partial charge in [-0.2, -0.15) is 0 Å². The Balaban J connectivity index is 2.23. The van der Waals surface area contributed by atoms with Crippen LogP contribution in [-0.4, -0.2) is 22.7 Å². The van der Waals surface area contributed by atoms with Crippen LogP contribution in [0.5, 0.6) is 0 Å². The molecule has 0 unspecified atom stereocenters. The Hall–Kier alpha value is -0.830. The van der Waals surface area contributed by atoms with Gasteiger partial charge in [-0.15, -0.1) is 0 Å². The van der Waals surface area contributed by atoms with Crippen LogP contribution in [-0.2, 0) is 4.79 Å². The molecule has 1 aliphatic rings. The zero-order valence-electron chi connectivity index (χ0n) is 7.50. The lowest BCUT2D eigenvalue weighted by Crippen LogP contribution is -2.53. The average molecular weight is 169 g/mol. The second-order valence-corrected chi connectivity index (χ2v) is 3.61. The van der Waals surface area contributed by atoms with Crippen LogP contribution in [0.1, 0.15) is 26.7 Å². The highest BCUT2D eigenvalue weighted by molar-refractivity contribution is 5.87. The topological polar surface area (TPSA) is 49.3 Å². The average Bonchev–Trinajstić information content (AvgIpc) is 1.83. The van der Waals surface area contributed by atoms with Crippen molar-refractivity contribution in [1.82, 2.24) is 5.32 Å². The molecule has 1 aliphatic carbocycles. The summed E-state index contributed by atoms with van der Waals surface area (Å²) in [5.74, 6) is -0.0713. The van der Waals surface area contributed by atoms with Crippen LogP contribution < -0.4 is 5.32 Å². The second-order valence-electron chi connectivity index (χ2n) is 3.61. The summed E-state index contributed by atoms with van der Waals surface area (Å²) in [6.45, 7) is 3.59. The van der Waals surface area contributed by atoms with Gasteiger partial charge in [0.25, 0.3) is 0 Å². The van der Waals surface area contributed by atoms with Gasteiger partial charge >= 0.3 is 0 Å². The third-order valence-electron chi connectivity index (χ3n) is 2.04. The van der Waals surface area contributed by atoms with Crippen molar-refractivity contribution in [3.63, 3.8) is 0 Å². The van der Waals surface area contributed by atoms with Gasteiger partial charge in [0.2, 0.25) is 5.91 Å². The van der Waals surface area contributed by atoms with E-state index in [2.05, 4.69) is 5.32 Å². The van der Waals surface area contributed by atoms with Crippen molar-refractivity contribution >= 4 is 5.91 Å². The lowest BCUT2D eigenvalue weighted by Gasteiger charge is -2.40. The SMILES string of the molecule is C/C=C\C(=O)NC1CC(C)(O)C1. The first-order valence-corrected chi connectivity index (χ1v) is 4.19. The van der Waals surface area contributed by atoms with Gasteiger partial charge in [-0.1, -0.05) is 6.08 Å². The standard InChI is InChI=1S/C9H15NO2/c1-3-4-8(11)10-7-5-9(2,12)6-7/h3-4,7,12H,5-6H2,1-2H3,(H,10,11)/b4-3-. The van der Waals surface area contributed by atoms with Gasteiger partial charge in [-0.3, -0.25) is 4.79 Å². The molecule has 1 fully saturated rings. The summed E-state index contributed by atoms with van der Waals surface area (Å²) in [6.07, 6.45) is 4.52. The van der Waals surface area contributed by atoms with Crippen LogP contribution in [0, 0.1) is 0 Å². The highest BCUT2D eigenvalue weighted by Gasteiger charge is 2.38.